The van der Waals surface area contributed by atoms with Crippen molar-refractivity contribution in [3.05, 3.63) is 52.0 Å². The van der Waals surface area contributed by atoms with Crippen LogP contribution in [0.4, 0.5) is 0 Å². The maximum Gasteiger partial charge on any atom is 0.331 e. The average Bonchev–Trinajstić information content (AvgIpc) is 2.95. The van der Waals surface area contributed by atoms with Crippen molar-refractivity contribution in [3.63, 3.8) is 0 Å². The molecule has 6 nitrogen and oxygen atoms in total. The second-order valence-corrected chi connectivity index (χ2v) is 6.63. The zero-order valence-corrected chi connectivity index (χ0v) is 14.4. The summed E-state index contributed by atoms with van der Waals surface area (Å²) in [7, 11) is 1.39. The van der Waals surface area contributed by atoms with Crippen LogP contribution in [-0.2, 0) is 27.2 Å². The molecule has 24 heavy (non-hydrogen) atoms. The topological polar surface area (TPSA) is 88.5 Å². The number of amides is 1. The fourth-order valence-corrected chi connectivity index (χ4v) is 3.07. The molecule has 0 spiro atoms. The molecule has 0 saturated heterocycles. The van der Waals surface area contributed by atoms with Crippen LogP contribution in [0.3, 0.4) is 0 Å². The minimum atomic E-state index is -1.45. The van der Waals surface area contributed by atoms with Gasteiger partial charge in [0.1, 0.15) is 0 Å². The predicted octanol–water partition coefficient (Wildman–Crippen LogP) is 1.88. The Labute approximate surface area is 144 Å². The fraction of sp³-hybridized carbons (Fsp3) is 0.353. The van der Waals surface area contributed by atoms with Crippen LogP contribution in [0.5, 0.6) is 0 Å². The molecule has 0 aliphatic heterocycles. The maximum atomic E-state index is 12.1. The van der Waals surface area contributed by atoms with Crippen molar-refractivity contribution in [3.8, 4) is 0 Å². The van der Waals surface area contributed by atoms with E-state index in [9.17, 15) is 14.7 Å². The molecule has 2 N–H and O–H groups in total. The Bertz CT molecular complexity index is 702. The van der Waals surface area contributed by atoms with E-state index in [0.717, 1.165) is 10.6 Å². The standard InChI is InChI=1S/C17H20N2O4S/c1-17(11-23-2,16(21)22)19-14(20)9-13-10-24-15(18-13)8-12-6-4-3-5-7-12/h3-7,10H,8-9,11H2,1-2H3,(H,19,20)(H,21,22). The van der Waals surface area contributed by atoms with Crippen LogP contribution < -0.4 is 5.32 Å². The van der Waals surface area contributed by atoms with E-state index in [0.29, 0.717) is 12.1 Å². The molecule has 1 aromatic heterocycles. The number of ether oxygens (including phenoxy) is 1. The van der Waals surface area contributed by atoms with Crippen LogP contribution in [0.15, 0.2) is 35.7 Å². The largest absolute Gasteiger partial charge is 0.479 e. The van der Waals surface area contributed by atoms with Crippen LogP contribution in [-0.4, -0.2) is 41.2 Å². The molecule has 0 saturated carbocycles. The molecule has 0 aliphatic carbocycles. The van der Waals surface area contributed by atoms with Gasteiger partial charge in [0.05, 0.1) is 23.7 Å². The summed E-state index contributed by atoms with van der Waals surface area (Å²) in [5.41, 5.74) is 0.337. The van der Waals surface area contributed by atoms with Crippen LogP contribution in [0.1, 0.15) is 23.2 Å². The van der Waals surface area contributed by atoms with Gasteiger partial charge in [-0.1, -0.05) is 30.3 Å². The molecule has 1 atom stereocenters. The van der Waals surface area contributed by atoms with Gasteiger partial charge in [0.15, 0.2) is 5.54 Å². The first-order chi connectivity index (χ1) is 11.4. The quantitative estimate of drug-likeness (QED) is 0.760. The van der Waals surface area contributed by atoms with Gasteiger partial charge in [0.2, 0.25) is 5.91 Å². The normalized spacial score (nSPS) is 13.2. The predicted molar refractivity (Wildman–Crippen MR) is 91.1 cm³/mol. The van der Waals surface area contributed by atoms with E-state index < -0.39 is 17.4 Å². The van der Waals surface area contributed by atoms with Crippen LogP contribution in [0.25, 0.3) is 0 Å². The third kappa shape index (κ3) is 4.87. The van der Waals surface area contributed by atoms with Crippen LogP contribution in [0.2, 0.25) is 0 Å². The molecule has 2 aromatic rings. The number of nitrogens with one attached hydrogen (secondary N) is 1. The van der Waals surface area contributed by atoms with Crippen LogP contribution in [0, 0.1) is 0 Å². The second-order valence-electron chi connectivity index (χ2n) is 5.69. The highest BCUT2D eigenvalue weighted by Gasteiger charge is 2.35. The lowest BCUT2D eigenvalue weighted by Crippen LogP contribution is -2.55. The number of carbonyl (C=O) groups excluding carboxylic acids is 1. The molecule has 0 fully saturated rings. The highest BCUT2D eigenvalue weighted by molar-refractivity contribution is 7.09. The summed E-state index contributed by atoms with van der Waals surface area (Å²) in [6.45, 7) is 1.31. The lowest BCUT2D eigenvalue weighted by atomic mass is 10.0. The zero-order chi connectivity index (χ0) is 17.6. The van der Waals surface area contributed by atoms with Crippen molar-refractivity contribution < 1.29 is 19.4 Å². The second kappa shape index (κ2) is 8.03. The molecule has 1 aromatic carbocycles. The first-order valence-electron chi connectivity index (χ1n) is 7.43. The smallest absolute Gasteiger partial charge is 0.331 e. The Kier molecular flexibility index (Phi) is 6.05. The number of carboxylic acid groups (broad SMARTS) is 1. The minimum absolute atomic E-state index is 0.0396. The molecule has 128 valence electrons. The zero-order valence-electron chi connectivity index (χ0n) is 13.6. The van der Waals surface area contributed by atoms with E-state index in [2.05, 4.69) is 10.3 Å². The molecule has 1 amide bonds. The number of hydrogen-bond donors (Lipinski definition) is 2. The Morgan fingerprint density at radius 3 is 2.67 bits per heavy atom. The van der Waals surface area contributed by atoms with Crippen molar-refractivity contribution in [1.82, 2.24) is 10.3 Å². The van der Waals surface area contributed by atoms with Gasteiger partial charge in [-0.15, -0.1) is 11.3 Å². The first kappa shape index (κ1) is 18.1. The molecule has 0 bridgehead atoms. The lowest BCUT2D eigenvalue weighted by Gasteiger charge is -2.25. The molecule has 1 heterocycles. The Morgan fingerprint density at radius 1 is 1.33 bits per heavy atom. The number of nitrogens with zero attached hydrogens (tertiary/aromatic N) is 1. The summed E-state index contributed by atoms with van der Waals surface area (Å²) in [6, 6.07) is 9.95. The van der Waals surface area contributed by atoms with Gasteiger partial charge in [-0.3, -0.25) is 4.79 Å². The number of thiazole rings is 1. The van der Waals surface area contributed by atoms with Gasteiger partial charge in [0, 0.05) is 18.9 Å². The summed E-state index contributed by atoms with van der Waals surface area (Å²) in [6.07, 6.45) is 0.752. The lowest BCUT2D eigenvalue weighted by molar-refractivity contribution is -0.149. The van der Waals surface area contributed by atoms with Gasteiger partial charge >= 0.3 is 5.97 Å². The molecule has 0 radical (unpaired) electrons. The first-order valence-corrected chi connectivity index (χ1v) is 8.31. The van der Waals surface area contributed by atoms with Gasteiger partial charge in [-0.25, -0.2) is 9.78 Å². The highest BCUT2D eigenvalue weighted by Crippen LogP contribution is 2.15. The molecule has 2 rings (SSSR count). The molecular weight excluding hydrogens is 328 g/mol. The Hall–Kier alpha value is -2.25. The SMILES string of the molecule is COCC(C)(NC(=O)Cc1csc(Cc2ccccc2)n1)C(=O)O. The van der Waals surface area contributed by atoms with E-state index in [4.69, 9.17) is 4.74 Å². The van der Waals surface area contributed by atoms with E-state index in [1.165, 1.54) is 25.4 Å². The number of aliphatic carboxylic acids is 1. The third-order valence-corrected chi connectivity index (χ3v) is 4.36. The highest BCUT2D eigenvalue weighted by atomic mass is 32.1. The number of rotatable bonds is 8. The molecule has 7 heteroatoms. The number of carbonyl (C=O) groups is 2. The number of carboxylic acids is 1. The van der Waals surface area contributed by atoms with Gasteiger partial charge in [-0.2, -0.15) is 0 Å². The Balaban J connectivity index is 1.96. The summed E-state index contributed by atoms with van der Waals surface area (Å²) in [5.74, 6) is -1.53. The van der Waals surface area contributed by atoms with Crippen molar-refractivity contribution in [2.24, 2.45) is 0 Å². The Morgan fingerprint density at radius 2 is 2.04 bits per heavy atom. The number of aromatic nitrogens is 1. The average molecular weight is 348 g/mol. The van der Waals surface area contributed by atoms with E-state index in [1.54, 1.807) is 0 Å². The van der Waals surface area contributed by atoms with Crippen LogP contribution >= 0.6 is 11.3 Å². The van der Waals surface area contributed by atoms with E-state index >= 15 is 0 Å². The molecule has 0 aliphatic rings. The number of benzene rings is 1. The van der Waals surface area contributed by atoms with Gasteiger partial charge < -0.3 is 15.2 Å². The summed E-state index contributed by atoms with van der Waals surface area (Å²) >= 11 is 1.49. The summed E-state index contributed by atoms with van der Waals surface area (Å²) in [5, 5.41) is 14.5. The third-order valence-electron chi connectivity index (χ3n) is 3.46. The van der Waals surface area contributed by atoms with Crippen molar-refractivity contribution in [2.45, 2.75) is 25.3 Å². The monoisotopic (exact) mass is 348 g/mol. The van der Waals surface area contributed by atoms with E-state index in [1.807, 2.05) is 35.7 Å². The minimum Gasteiger partial charge on any atom is -0.479 e. The van der Waals surface area contributed by atoms with Crippen molar-refractivity contribution >= 4 is 23.2 Å². The summed E-state index contributed by atoms with van der Waals surface area (Å²) in [4.78, 5) is 27.9. The number of hydrogen-bond acceptors (Lipinski definition) is 5. The summed E-state index contributed by atoms with van der Waals surface area (Å²) < 4.78 is 4.88. The van der Waals surface area contributed by atoms with Crippen molar-refractivity contribution in [2.75, 3.05) is 13.7 Å². The molecule has 1 unspecified atom stereocenters. The van der Waals surface area contributed by atoms with Gasteiger partial charge in [0.25, 0.3) is 0 Å². The van der Waals surface area contributed by atoms with Crippen molar-refractivity contribution in [1.29, 1.82) is 0 Å². The fourth-order valence-electron chi connectivity index (χ4n) is 2.24. The maximum absolute atomic E-state index is 12.1. The van der Waals surface area contributed by atoms with Gasteiger partial charge in [-0.05, 0) is 12.5 Å². The molecular formula is C17H20N2O4S. The van der Waals surface area contributed by atoms with E-state index in [-0.39, 0.29) is 13.0 Å². The number of methoxy groups -OCH3 is 1.